The first kappa shape index (κ1) is 20.9. The SMILES string of the molecule is COc1ccc(CN2CC(O)CC3(CCN(Cc4c[nH]c(C#N)c4)CC3)C2)cc1C. The van der Waals surface area contributed by atoms with Gasteiger partial charge in [-0.2, -0.15) is 5.26 Å². The Bertz CT molecular complexity index is 908. The van der Waals surface area contributed by atoms with Gasteiger partial charge in [-0.25, -0.2) is 0 Å². The fourth-order valence-corrected chi connectivity index (χ4v) is 5.28. The van der Waals surface area contributed by atoms with Crippen LogP contribution in [0.15, 0.2) is 30.5 Å². The number of aromatic nitrogens is 1. The molecule has 2 fully saturated rings. The first-order chi connectivity index (χ1) is 14.5. The van der Waals surface area contributed by atoms with E-state index in [1.165, 1.54) is 11.1 Å². The maximum absolute atomic E-state index is 10.6. The molecule has 1 unspecified atom stereocenters. The van der Waals surface area contributed by atoms with Crippen molar-refractivity contribution >= 4 is 0 Å². The van der Waals surface area contributed by atoms with Crippen LogP contribution in [0.2, 0.25) is 0 Å². The quantitative estimate of drug-likeness (QED) is 0.795. The second-order valence-electron chi connectivity index (χ2n) is 9.14. The number of aliphatic hydroxyl groups is 1. The number of H-pyrrole nitrogens is 1. The predicted octanol–water partition coefficient (Wildman–Crippen LogP) is 3.05. The number of ether oxygens (including phenoxy) is 1. The van der Waals surface area contributed by atoms with Crippen molar-refractivity contribution < 1.29 is 9.84 Å². The zero-order valence-electron chi connectivity index (χ0n) is 18.0. The molecule has 4 rings (SSSR count). The second kappa shape index (κ2) is 8.81. The van der Waals surface area contributed by atoms with Gasteiger partial charge in [0.25, 0.3) is 0 Å². The average molecular weight is 409 g/mol. The number of benzene rings is 1. The summed E-state index contributed by atoms with van der Waals surface area (Å²) in [5, 5.41) is 19.6. The van der Waals surface area contributed by atoms with E-state index in [4.69, 9.17) is 10.00 Å². The zero-order chi connectivity index (χ0) is 21.1. The van der Waals surface area contributed by atoms with Gasteiger partial charge < -0.3 is 14.8 Å². The Balaban J connectivity index is 1.36. The van der Waals surface area contributed by atoms with Crippen molar-refractivity contribution in [2.24, 2.45) is 5.41 Å². The van der Waals surface area contributed by atoms with Crippen molar-refractivity contribution in [3.05, 3.63) is 52.8 Å². The van der Waals surface area contributed by atoms with Crippen molar-refractivity contribution in [2.45, 2.75) is 45.4 Å². The van der Waals surface area contributed by atoms with Gasteiger partial charge in [-0.15, -0.1) is 0 Å². The highest BCUT2D eigenvalue weighted by Crippen LogP contribution is 2.40. The van der Waals surface area contributed by atoms with E-state index in [9.17, 15) is 5.11 Å². The lowest BCUT2D eigenvalue weighted by Crippen LogP contribution is -2.53. The van der Waals surface area contributed by atoms with Gasteiger partial charge in [0, 0.05) is 32.4 Å². The van der Waals surface area contributed by atoms with Gasteiger partial charge in [-0.3, -0.25) is 9.80 Å². The minimum atomic E-state index is -0.257. The highest BCUT2D eigenvalue weighted by Gasteiger charge is 2.41. The van der Waals surface area contributed by atoms with Crippen LogP contribution >= 0.6 is 0 Å². The third-order valence-corrected chi connectivity index (χ3v) is 6.75. The number of nitriles is 1. The molecule has 1 spiro atoms. The molecule has 1 aromatic heterocycles. The lowest BCUT2D eigenvalue weighted by atomic mass is 9.71. The number of nitrogens with zero attached hydrogens (tertiary/aromatic N) is 3. The van der Waals surface area contributed by atoms with Gasteiger partial charge in [0.2, 0.25) is 0 Å². The largest absolute Gasteiger partial charge is 0.496 e. The van der Waals surface area contributed by atoms with Crippen molar-refractivity contribution in [2.75, 3.05) is 33.3 Å². The number of β-amino-alcohol motifs (C(OH)–C–C–N with tert-alkyl or cyclic N) is 1. The Morgan fingerprint density at radius 3 is 2.63 bits per heavy atom. The van der Waals surface area contributed by atoms with E-state index in [1.54, 1.807) is 7.11 Å². The normalized spacial score (nSPS) is 22.1. The molecular formula is C24H32N4O2. The number of aliphatic hydroxyl groups excluding tert-OH is 1. The van der Waals surface area contributed by atoms with Crippen LogP contribution < -0.4 is 4.74 Å². The van der Waals surface area contributed by atoms with Crippen LogP contribution in [-0.4, -0.2) is 59.3 Å². The average Bonchev–Trinajstić information content (AvgIpc) is 3.17. The van der Waals surface area contributed by atoms with Crippen molar-refractivity contribution in [3.63, 3.8) is 0 Å². The summed E-state index contributed by atoms with van der Waals surface area (Å²) in [6.07, 6.45) is 4.80. The molecular weight excluding hydrogens is 376 g/mol. The minimum absolute atomic E-state index is 0.200. The number of nitrogens with one attached hydrogen (secondary N) is 1. The van der Waals surface area contributed by atoms with E-state index in [0.717, 1.165) is 69.8 Å². The monoisotopic (exact) mass is 408 g/mol. The molecule has 2 aliphatic rings. The Labute approximate surface area is 179 Å². The van der Waals surface area contributed by atoms with Crippen LogP contribution in [0, 0.1) is 23.7 Å². The van der Waals surface area contributed by atoms with Crippen LogP contribution in [0.5, 0.6) is 5.75 Å². The van der Waals surface area contributed by atoms with Gasteiger partial charge >= 0.3 is 0 Å². The Hall–Kier alpha value is -2.33. The lowest BCUT2D eigenvalue weighted by Gasteiger charge is -2.49. The Morgan fingerprint density at radius 2 is 1.97 bits per heavy atom. The van der Waals surface area contributed by atoms with E-state index >= 15 is 0 Å². The van der Waals surface area contributed by atoms with E-state index in [0.29, 0.717) is 5.69 Å². The number of aromatic amines is 1. The van der Waals surface area contributed by atoms with Crippen molar-refractivity contribution in [3.8, 4) is 11.8 Å². The summed E-state index contributed by atoms with van der Waals surface area (Å²) in [5.41, 5.74) is 4.42. The van der Waals surface area contributed by atoms with Gasteiger partial charge in [0.15, 0.2) is 0 Å². The van der Waals surface area contributed by atoms with E-state index < -0.39 is 0 Å². The minimum Gasteiger partial charge on any atom is -0.496 e. The third-order valence-electron chi connectivity index (χ3n) is 6.75. The molecule has 2 saturated heterocycles. The zero-order valence-corrected chi connectivity index (χ0v) is 18.0. The Kier molecular flexibility index (Phi) is 6.14. The summed E-state index contributed by atoms with van der Waals surface area (Å²) in [5.74, 6) is 0.922. The van der Waals surface area contributed by atoms with Gasteiger partial charge in [0.05, 0.1) is 13.2 Å². The number of likely N-dealkylation sites (tertiary alicyclic amines) is 2. The molecule has 1 aromatic carbocycles. The molecule has 3 heterocycles. The summed E-state index contributed by atoms with van der Waals surface area (Å²) in [6.45, 7) is 7.70. The summed E-state index contributed by atoms with van der Waals surface area (Å²) in [6, 6.07) is 10.5. The first-order valence-electron chi connectivity index (χ1n) is 10.8. The summed E-state index contributed by atoms with van der Waals surface area (Å²) >= 11 is 0. The van der Waals surface area contributed by atoms with Gasteiger partial charge in [-0.05, 0) is 73.5 Å². The van der Waals surface area contributed by atoms with Gasteiger partial charge in [0.1, 0.15) is 17.5 Å². The van der Waals surface area contributed by atoms with Crippen LogP contribution in [0.1, 0.15) is 41.6 Å². The van der Waals surface area contributed by atoms with Crippen molar-refractivity contribution in [1.29, 1.82) is 5.26 Å². The van der Waals surface area contributed by atoms with E-state index in [2.05, 4.69) is 39.9 Å². The molecule has 6 heteroatoms. The molecule has 0 amide bonds. The number of piperidine rings is 2. The van der Waals surface area contributed by atoms with Crippen LogP contribution in [-0.2, 0) is 13.1 Å². The molecule has 2 aromatic rings. The van der Waals surface area contributed by atoms with E-state index in [1.807, 2.05) is 18.3 Å². The molecule has 2 aliphatic heterocycles. The highest BCUT2D eigenvalue weighted by molar-refractivity contribution is 5.36. The second-order valence-corrected chi connectivity index (χ2v) is 9.14. The van der Waals surface area contributed by atoms with Gasteiger partial charge in [-0.1, -0.05) is 12.1 Å². The topological polar surface area (TPSA) is 75.5 Å². The number of rotatable bonds is 5. The molecule has 0 aliphatic carbocycles. The molecule has 160 valence electrons. The molecule has 30 heavy (non-hydrogen) atoms. The first-order valence-corrected chi connectivity index (χ1v) is 10.8. The van der Waals surface area contributed by atoms with Crippen molar-refractivity contribution in [1.82, 2.24) is 14.8 Å². The fourth-order valence-electron chi connectivity index (χ4n) is 5.28. The number of methoxy groups -OCH3 is 1. The Morgan fingerprint density at radius 1 is 1.20 bits per heavy atom. The van der Waals surface area contributed by atoms with Crippen LogP contribution in [0.25, 0.3) is 0 Å². The maximum Gasteiger partial charge on any atom is 0.121 e. The summed E-state index contributed by atoms with van der Waals surface area (Å²) in [4.78, 5) is 7.91. The molecule has 1 atom stereocenters. The number of hydrogen-bond acceptors (Lipinski definition) is 5. The smallest absolute Gasteiger partial charge is 0.121 e. The summed E-state index contributed by atoms with van der Waals surface area (Å²) in [7, 11) is 1.71. The number of aryl methyl sites for hydroxylation is 1. The molecule has 0 bridgehead atoms. The number of hydrogen-bond donors (Lipinski definition) is 2. The lowest BCUT2D eigenvalue weighted by molar-refractivity contribution is -0.0446. The van der Waals surface area contributed by atoms with Crippen LogP contribution in [0.4, 0.5) is 0 Å². The summed E-state index contributed by atoms with van der Waals surface area (Å²) < 4.78 is 5.38. The van der Waals surface area contributed by atoms with Crippen LogP contribution in [0.3, 0.4) is 0 Å². The molecule has 2 N–H and O–H groups in total. The van der Waals surface area contributed by atoms with E-state index in [-0.39, 0.29) is 11.5 Å². The molecule has 6 nitrogen and oxygen atoms in total. The third kappa shape index (κ3) is 4.70. The molecule has 0 saturated carbocycles. The fraction of sp³-hybridized carbons (Fsp3) is 0.542. The highest BCUT2D eigenvalue weighted by atomic mass is 16.5. The maximum atomic E-state index is 10.6. The predicted molar refractivity (Wildman–Crippen MR) is 116 cm³/mol. The standard InChI is InChI=1S/C24H32N4O2/c1-18-9-19(3-4-23(18)30-2)14-28-16-22(29)11-24(17-28)5-7-27(8-6-24)15-20-10-21(12-25)26-13-20/h3-4,9-10,13,22,26,29H,5-8,11,14-17H2,1-2H3. The molecule has 0 radical (unpaired) electrons.